The van der Waals surface area contributed by atoms with E-state index in [0.29, 0.717) is 34.3 Å². The first-order valence-electron chi connectivity index (χ1n) is 12.9. The van der Waals surface area contributed by atoms with E-state index in [0.717, 1.165) is 23.4 Å². The number of ether oxygens (including phenoxy) is 1. The summed E-state index contributed by atoms with van der Waals surface area (Å²) in [5.41, 5.74) is 12.1. The number of hydrogen-bond acceptors (Lipinski definition) is 16. The molecule has 52 heavy (non-hydrogen) atoms. The van der Waals surface area contributed by atoms with Gasteiger partial charge in [-0.2, -0.15) is 0 Å². The molecule has 0 unspecified atom stereocenters. The summed E-state index contributed by atoms with van der Waals surface area (Å²) in [7, 11) is 1.53. The van der Waals surface area contributed by atoms with Crippen molar-refractivity contribution in [3.8, 4) is 5.88 Å². The lowest BCUT2D eigenvalue weighted by molar-refractivity contribution is 0.111. The molecule has 0 amide bonds. The van der Waals surface area contributed by atoms with Crippen molar-refractivity contribution in [2.45, 2.75) is 14.9 Å². The van der Waals surface area contributed by atoms with Crippen molar-refractivity contribution in [1.29, 1.82) is 0 Å². The molecule has 18 nitrogen and oxygen atoms in total. The van der Waals surface area contributed by atoms with Gasteiger partial charge in [0.25, 0.3) is 5.56 Å². The maximum absolute atomic E-state index is 10.2. The number of fused-ring (bicyclic) bond motifs is 1. The Labute approximate surface area is 320 Å². The third-order valence-electron chi connectivity index (χ3n) is 5.09. The Morgan fingerprint density at radius 1 is 0.692 bits per heavy atom. The zero-order valence-electron chi connectivity index (χ0n) is 25.1. The molecule has 0 saturated carbocycles. The third kappa shape index (κ3) is 15.2. The molecule has 0 aliphatic rings. The number of aldehydes is 2. The van der Waals surface area contributed by atoms with Crippen LogP contribution in [0.3, 0.4) is 0 Å². The van der Waals surface area contributed by atoms with E-state index >= 15 is 0 Å². The number of nitrogen functional groups attached to an aromatic ring is 2. The second kappa shape index (κ2) is 24.6. The van der Waals surface area contributed by atoms with E-state index in [1.54, 1.807) is 12.3 Å². The number of aromatic nitrogens is 11. The molecular weight excluding hydrogens is 788 g/mol. The lowest BCUT2D eigenvalue weighted by atomic mass is 10.3. The molecule has 6 aromatic rings. The summed E-state index contributed by atoms with van der Waals surface area (Å²) < 4.78 is 4.71. The number of halogens is 5. The minimum Gasteiger partial charge on any atom is -0.504 e. The first-order chi connectivity index (χ1) is 23.9. The van der Waals surface area contributed by atoms with Crippen LogP contribution in [0.5, 0.6) is 5.88 Å². The molecule has 6 aromatic heterocycles. The zero-order valence-corrected chi connectivity index (χ0v) is 28.9. The SMILES string of the molecule is C.C.CO/C=C/c1c(N)ncnc1Cl.Clc1ncnc2[nH]ccc12.Nc1ncnc(Cl)c1C=O.O=Cc1c(Cl)ncnc1Cl.O=c1cc(O)nc[nH]1. The monoisotopic (exact) mass is 815 g/mol. The van der Waals surface area contributed by atoms with Gasteiger partial charge in [-0.05, 0) is 12.1 Å². The Hall–Kier alpha value is -5.53. The Balaban J connectivity index is 0.000000622. The second-order valence-corrected chi connectivity index (χ2v) is 10.0. The summed E-state index contributed by atoms with van der Waals surface area (Å²) in [5, 5.41) is 10.4. The van der Waals surface area contributed by atoms with Crippen LogP contribution in [0.25, 0.3) is 17.1 Å². The lowest BCUT2D eigenvalue weighted by Gasteiger charge is -1.99. The van der Waals surface area contributed by atoms with Gasteiger partial charge in [0, 0.05) is 6.20 Å². The summed E-state index contributed by atoms with van der Waals surface area (Å²) in [6.45, 7) is 0. The maximum Gasteiger partial charge on any atom is 0.254 e. The summed E-state index contributed by atoms with van der Waals surface area (Å²) in [5.74, 6) is 0.187. The molecule has 0 radical (unpaired) electrons. The van der Waals surface area contributed by atoms with Crippen molar-refractivity contribution in [3.05, 3.63) is 109 Å². The number of nitrogens with zero attached hydrogens (tertiary/aromatic N) is 9. The van der Waals surface area contributed by atoms with Crippen LogP contribution in [-0.4, -0.2) is 79.6 Å². The highest BCUT2D eigenvalue weighted by atomic mass is 35.5. The number of methoxy groups -OCH3 is 1. The van der Waals surface area contributed by atoms with E-state index < -0.39 is 0 Å². The fourth-order valence-corrected chi connectivity index (χ4v) is 3.81. The number of aromatic hydroxyl groups is 1. The molecule has 23 heteroatoms. The van der Waals surface area contributed by atoms with Crippen LogP contribution >= 0.6 is 58.0 Å². The van der Waals surface area contributed by atoms with Gasteiger partial charge in [-0.15, -0.1) is 0 Å². The first-order valence-corrected chi connectivity index (χ1v) is 14.8. The fourth-order valence-electron chi connectivity index (χ4n) is 2.82. The van der Waals surface area contributed by atoms with Crippen molar-refractivity contribution in [2.24, 2.45) is 0 Å². The zero-order chi connectivity index (χ0) is 37.1. The van der Waals surface area contributed by atoms with Crippen LogP contribution in [0.2, 0.25) is 25.8 Å². The molecule has 7 N–H and O–H groups in total. The summed E-state index contributed by atoms with van der Waals surface area (Å²) in [4.78, 5) is 68.7. The highest BCUT2D eigenvalue weighted by Crippen LogP contribution is 2.19. The summed E-state index contributed by atoms with van der Waals surface area (Å²) >= 11 is 27.8. The topological polar surface area (TPSA) is 280 Å². The second-order valence-electron chi connectivity index (χ2n) is 8.24. The lowest BCUT2D eigenvalue weighted by Crippen LogP contribution is -2.01. The highest BCUT2D eigenvalue weighted by molar-refractivity contribution is 6.37. The van der Waals surface area contributed by atoms with Gasteiger partial charge in [0.05, 0.1) is 47.8 Å². The Bertz CT molecular complexity index is 1990. The van der Waals surface area contributed by atoms with E-state index in [-0.39, 0.29) is 58.7 Å². The van der Waals surface area contributed by atoms with Crippen molar-refractivity contribution in [3.63, 3.8) is 0 Å². The molecule has 0 spiro atoms. The molecule has 6 rings (SSSR count). The Morgan fingerprint density at radius 3 is 1.58 bits per heavy atom. The normalized spacial score (nSPS) is 9.42. The van der Waals surface area contributed by atoms with Gasteiger partial charge in [0.2, 0.25) is 5.88 Å². The van der Waals surface area contributed by atoms with Gasteiger partial charge in [0.15, 0.2) is 12.6 Å². The fraction of sp³-hybridized carbons (Fsp3) is 0.103. The number of aromatic amines is 2. The number of rotatable bonds is 4. The molecule has 0 fully saturated rings. The van der Waals surface area contributed by atoms with Crippen molar-refractivity contribution < 1.29 is 19.4 Å². The molecule has 276 valence electrons. The Morgan fingerprint density at radius 2 is 1.17 bits per heavy atom. The molecule has 0 aliphatic carbocycles. The van der Waals surface area contributed by atoms with E-state index in [1.807, 2.05) is 6.07 Å². The number of nitrogens with one attached hydrogen (secondary N) is 2. The van der Waals surface area contributed by atoms with Gasteiger partial charge in [-0.25, -0.2) is 44.9 Å². The standard InChI is InChI=1S/C7H8ClN3O.C6H4ClN3.C5H2Cl2N2O.C5H4ClN3O.C4H4N2O2.2CH4/c1-12-3-2-5-6(8)10-4-11-7(5)9;7-5-4-1-2-8-6(4)10-3-9-5;2*6-4-3(1-10)5(7)9-2-8-4;7-3-1-4(8)6-2-5-3;;/h2-4H,1H3,(H2,9,10,11);1-3H,(H,8,9,10);1-2H;1-2H,(H2,7,8,9);1-2H,(H2,5,6,7,8);2*1H4/b3-2+;;;;;;. The minimum absolute atomic E-state index is 0. The molecule has 0 aromatic carbocycles. The number of hydrogen-bond donors (Lipinski definition) is 5. The van der Waals surface area contributed by atoms with Crippen LogP contribution in [0.4, 0.5) is 11.6 Å². The van der Waals surface area contributed by atoms with Crippen LogP contribution in [0, 0.1) is 0 Å². The van der Waals surface area contributed by atoms with Gasteiger partial charge < -0.3 is 31.3 Å². The molecule has 0 bridgehead atoms. The van der Waals surface area contributed by atoms with Crippen LogP contribution in [0.1, 0.15) is 41.1 Å². The number of anilines is 2. The van der Waals surface area contributed by atoms with E-state index in [2.05, 4.69) is 54.8 Å². The molecular formula is C29H30Cl5N13O5. The van der Waals surface area contributed by atoms with Gasteiger partial charge in [0.1, 0.15) is 68.4 Å². The average Bonchev–Trinajstić information content (AvgIpc) is 3.57. The van der Waals surface area contributed by atoms with E-state index in [4.69, 9.17) is 79.3 Å². The number of H-pyrrole nitrogens is 2. The molecule has 0 aliphatic heterocycles. The van der Waals surface area contributed by atoms with Crippen LogP contribution in [0.15, 0.2) is 61.0 Å². The number of nitrogens with two attached hydrogens (primary N) is 2. The van der Waals surface area contributed by atoms with Gasteiger partial charge >= 0.3 is 0 Å². The van der Waals surface area contributed by atoms with E-state index in [9.17, 15) is 14.4 Å². The van der Waals surface area contributed by atoms with Gasteiger partial charge in [-0.3, -0.25) is 14.4 Å². The van der Waals surface area contributed by atoms with Gasteiger partial charge in [-0.1, -0.05) is 72.9 Å². The summed E-state index contributed by atoms with van der Waals surface area (Å²) in [6.07, 6.45) is 12.2. The van der Waals surface area contributed by atoms with Crippen LogP contribution in [-0.2, 0) is 4.74 Å². The average molecular weight is 818 g/mol. The molecule has 0 saturated heterocycles. The Kier molecular flexibility index (Phi) is 22.0. The van der Waals surface area contributed by atoms with Crippen molar-refractivity contribution >= 4 is 99.3 Å². The van der Waals surface area contributed by atoms with Crippen molar-refractivity contribution in [1.82, 2.24) is 54.8 Å². The molecule has 6 heterocycles. The largest absolute Gasteiger partial charge is 0.504 e. The minimum atomic E-state index is -0.350. The quantitative estimate of drug-likeness (QED) is 0.0797. The van der Waals surface area contributed by atoms with Crippen LogP contribution < -0.4 is 17.0 Å². The smallest absolute Gasteiger partial charge is 0.254 e. The molecule has 0 atom stereocenters. The third-order valence-corrected chi connectivity index (χ3v) is 6.60. The van der Waals surface area contributed by atoms with Crippen molar-refractivity contribution in [2.75, 3.05) is 18.6 Å². The first kappa shape index (κ1) is 46.5. The predicted molar refractivity (Wildman–Crippen MR) is 201 cm³/mol. The number of carbonyl (C=O) groups excluding carboxylic acids is 2. The van der Waals surface area contributed by atoms with E-state index in [1.165, 1.54) is 38.7 Å². The highest BCUT2D eigenvalue weighted by Gasteiger charge is 2.05. The number of carbonyl (C=O) groups is 2. The summed E-state index contributed by atoms with van der Waals surface area (Å²) in [6, 6.07) is 2.84. The predicted octanol–water partition coefficient (Wildman–Crippen LogP) is 5.81. The maximum atomic E-state index is 10.2.